The maximum absolute atomic E-state index is 12.9. The van der Waals surface area contributed by atoms with Crippen molar-refractivity contribution >= 4 is 17.7 Å². The van der Waals surface area contributed by atoms with E-state index in [0.29, 0.717) is 19.4 Å². The second-order valence-corrected chi connectivity index (χ2v) is 6.90. The van der Waals surface area contributed by atoms with Crippen molar-refractivity contribution in [2.75, 3.05) is 13.7 Å². The summed E-state index contributed by atoms with van der Waals surface area (Å²) in [7, 11) is 1.67. The third-order valence-electron chi connectivity index (χ3n) is 5.10. The molecule has 2 aliphatic rings. The number of carbonyl (C=O) groups excluding carboxylic acids is 3. The number of ether oxygens (including phenoxy) is 1. The molecule has 8 nitrogen and oxygen atoms in total. The average Bonchev–Trinajstić information content (AvgIpc) is 3.13. The molecule has 2 saturated heterocycles. The Kier molecular flexibility index (Phi) is 6.08. The largest absolute Gasteiger partial charge is 0.356 e. The van der Waals surface area contributed by atoms with E-state index in [-0.39, 0.29) is 24.3 Å². The number of carbonyl (C=O) groups is 3. The number of nitrogens with zero attached hydrogens (tertiary/aromatic N) is 1. The zero-order valence-corrected chi connectivity index (χ0v) is 15.6. The Hall–Kier alpha value is -2.45. The number of rotatable bonds is 6. The minimum atomic E-state index is -0.771. The molecule has 0 aromatic heterocycles. The van der Waals surface area contributed by atoms with Crippen molar-refractivity contribution < 1.29 is 19.1 Å². The predicted octanol–water partition coefficient (Wildman–Crippen LogP) is -0.257. The predicted molar refractivity (Wildman–Crippen MR) is 98.3 cm³/mol. The molecule has 3 amide bonds. The lowest BCUT2D eigenvalue weighted by Gasteiger charge is -2.37. The maximum Gasteiger partial charge on any atom is 0.250 e. The van der Waals surface area contributed by atoms with Gasteiger partial charge in [-0.15, -0.1) is 0 Å². The molecule has 0 spiro atoms. The van der Waals surface area contributed by atoms with E-state index in [9.17, 15) is 14.4 Å². The fourth-order valence-corrected chi connectivity index (χ4v) is 3.39. The molecule has 3 N–H and O–H groups in total. The minimum absolute atomic E-state index is 0.126. The molecule has 3 unspecified atom stereocenters. The molecule has 2 fully saturated rings. The maximum atomic E-state index is 12.9. The fourth-order valence-electron chi connectivity index (χ4n) is 3.39. The van der Waals surface area contributed by atoms with Crippen molar-refractivity contribution in [1.82, 2.24) is 20.9 Å². The van der Waals surface area contributed by atoms with Crippen molar-refractivity contribution in [2.24, 2.45) is 0 Å². The van der Waals surface area contributed by atoms with E-state index in [1.165, 1.54) is 4.90 Å². The third-order valence-corrected chi connectivity index (χ3v) is 5.10. The molecular weight excluding hydrogens is 348 g/mol. The van der Waals surface area contributed by atoms with Crippen molar-refractivity contribution in [2.45, 2.75) is 50.7 Å². The fraction of sp³-hybridized carbons (Fsp3) is 0.526. The Morgan fingerprint density at radius 1 is 1.26 bits per heavy atom. The highest BCUT2D eigenvalue weighted by atomic mass is 16.5. The first kappa shape index (κ1) is 19.3. The first-order chi connectivity index (χ1) is 13.0. The van der Waals surface area contributed by atoms with E-state index in [4.69, 9.17) is 4.74 Å². The van der Waals surface area contributed by atoms with Crippen LogP contribution in [0.5, 0.6) is 0 Å². The number of hydrogen-bond donors (Lipinski definition) is 3. The van der Waals surface area contributed by atoms with Gasteiger partial charge in [-0.2, -0.15) is 0 Å². The van der Waals surface area contributed by atoms with Crippen molar-refractivity contribution in [3.63, 3.8) is 0 Å². The summed E-state index contributed by atoms with van der Waals surface area (Å²) in [5.41, 5.74) is 0.993. The monoisotopic (exact) mass is 374 g/mol. The molecule has 4 atom stereocenters. The third kappa shape index (κ3) is 4.28. The van der Waals surface area contributed by atoms with E-state index < -0.39 is 24.4 Å². The number of nitrogens with one attached hydrogen (secondary N) is 3. The van der Waals surface area contributed by atoms with Crippen LogP contribution in [0.2, 0.25) is 0 Å². The highest BCUT2D eigenvalue weighted by molar-refractivity contribution is 5.94. The van der Waals surface area contributed by atoms with Gasteiger partial charge >= 0.3 is 0 Å². The van der Waals surface area contributed by atoms with Crippen LogP contribution in [0.1, 0.15) is 25.3 Å². The summed E-state index contributed by atoms with van der Waals surface area (Å²) in [6.07, 6.45) is 0.757. The van der Waals surface area contributed by atoms with Crippen LogP contribution in [0.4, 0.5) is 0 Å². The van der Waals surface area contributed by atoms with Crippen molar-refractivity contribution in [1.29, 1.82) is 0 Å². The first-order valence-electron chi connectivity index (χ1n) is 9.24. The van der Waals surface area contributed by atoms with E-state index in [2.05, 4.69) is 16.0 Å². The first-order valence-corrected chi connectivity index (χ1v) is 9.24. The molecule has 0 saturated carbocycles. The topological polar surface area (TPSA) is 99.8 Å². The Morgan fingerprint density at radius 3 is 2.70 bits per heavy atom. The summed E-state index contributed by atoms with van der Waals surface area (Å²) < 4.78 is 5.73. The molecule has 8 heteroatoms. The van der Waals surface area contributed by atoms with Crippen LogP contribution in [0.15, 0.2) is 30.3 Å². The molecule has 0 radical (unpaired) electrons. The molecule has 2 heterocycles. The molecular formula is C19H26N4O4. The second-order valence-electron chi connectivity index (χ2n) is 6.90. The number of likely N-dealkylation sites (N-methyl/N-ethyl adjacent to an activating group) is 1. The van der Waals surface area contributed by atoms with Gasteiger partial charge in [0, 0.05) is 6.54 Å². The summed E-state index contributed by atoms with van der Waals surface area (Å²) in [5.74, 6) is -0.740. The van der Waals surface area contributed by atoms with Crippen LogP contribution in [-0.4, -0.2) is 60.6 Å². The van der Waals surface area contributed by atoms with Crippen LogP contribution in [0, 0.1) is 0 Å². The van der Waals surface area contributed by atoms with Gasteiger partial charge in [-0.3, -0.25) is 14.4 Å². The Bertz CT molecular complexity index is 696. The van der Waals surface area contributed by atoms with Crippen LogP contribution < -0.4 is 16.0 Å². The zero-order chi connectivity index (χ0) is 19.4. The number of benzene rings is 1. The molecule has 1 aromatic carbocycles. The lowest BCUT2D eigenvalue weighted by Crippen LogP contribution is -2.62. The van der Waals surface area contributed by atoms with E-state index in [1.807, 2.05) is 30.3 Å². The number of amides is 3. The lowest BCUT2D eigenvalue weighted by atomic mass is 10.1. The molecule has 0 aliphatic carbocycles. The molecule has 3 rings (SSSR count). The lowest BCUT2D eigenvalue weighted by molar-refractivity contribution is -0.167. The van der Waals surface area contributed by atoms with E-state index in [0.717, 1.165) is 5.56 Å². The van der Waals surface area contributed by atoms with Crippen molar-refractivity contribution in [3.05, 3.63) is 35.9 Å². The smallest absolute Gasteiger partial charge is 0.250 e. The average molecular weight is 374 g/mol. The van der Waals surface area contributed by atoms with Gasteiger partial charge in [0.1, 0.15) is 18.3 Å². The number of hydrogen-bond acceptors (Lipinski definition) is 5. The highest BCUT2D eigenvalue weighted by Gasteiger charge is 2.47. The van der Waals surface area contributed by atoms with Gasteiger partial charge in [0.2, 0.25) is 17.7 Å². The summed E-state index contributed by atoms with van der Waals surface area (Å²) in [4.78, 5) is 39.1. The van der Waals surface area contributed by atoms with Gasteiger partial charge in [0.15, 0.2) is 0 Å². The van der Waals surface area contributed by atoms with Crippen molar-refractivity contribution in [3.8, 4) is 0 Å². The molecule has 27 heavy (non-hydrogen) atoms. The Morgan fingerprint density at radius 2 is 2.00 bits per heavy atom. The molecule has 2 aliphatic heterocycles. The Balaban J connectivity index is 1.62. The number of fused-ring (bicyclic) bond motifs is 1. The van der Waals surface area contributed by atoms with Crippen LogP contribution in [0.25, 0.3) is 0 Å². The SMILES string of the molecule is CN[C@@H](C)C(=O)NC1COC2CCC(C(=O)NCc3ccccc3)N2C1=O. The molecule has 146 valence electrons. The van der Waals surface area contributed by atoms with E-state index in [1.54, 1.807) is 14.0 Å². The normalized spacial score (nSPS) is 25.6. The standard InChI is InChI=1S/C19H26N4O4/c1-12(20-2)17(24)22-14-11-27-16-9-8-15(23(16)19(14)26)18(25)21-10-13-6-4-3-5-7-13/h3-7,12,14-16,20H,8-11H2,1-2H3,(H,21,25)(H,22,24)/t12-,14?,15?,16?/m0/s1. The van der Waals surface area contributed by atoms with Crippen LogP contribution >= 0.6 is 0 Å². The van der Waals surface area contributed by atoms with Gasteiger partial charge in [-0.1, -0.05) is 30.3 Å². The van der Waals surface area contributed by atoms with Gasteiger partial charge in [-0.05, 0) is 32.4 Å². The van der Waals surface area contributed by atoms with Gasteiger partial charge in [0.05, 0.1) is 12.6 Å². The quantitative estimate of drug-likeness (QED) is 0.637. The highest BCUT2D eigenvalue weighted by Crippen LogP contribution is 2.29. The summed E-state index contributed by atoms with van der Waals surface area (Å²) in [6, 6.07) is 7.84. The summed E-state index contributed by atoms with van der Waals surface area (Å²) in [6.45, 7) is 2.24. The molecule has 1 aromatic rings. The van der Waals surface area contributed by atoms with Gasteiger partial charge < -0.3 is 25.6 Å². The summed E-state index contributed by atoms with van der Waals surface area (Å²) >= 11 is 0. The Labute approximate surface area is 158 Å². The van der Waals surface area contributed by atoms with Crippen LogP contribution in [-0.2, 0) is 25.7 Å². The molecule has 0 bridgehead atoms. The van der Waals surface area contributed by atoms with Crippen LogP contribution in [0.3, 0.4) is 0 Å². The van der Waals surface area contributed by atoms with Gasteiger partial charge in [-0.25, -0.2) is 0 Å². The second kappa shape index (κ2) is 8.49. The van der Waals surface area contributed by atoms with E-state index >= 15 is 0 Å². The zero-order valence-electron chi connectivity index (χ0n) is 15.6. The minimum Gasteiger partial charge on any atom is -0.356 e. The van der Waals surface area contributed by atoms with Gasteiger partial charge in [0.25, 0.3) is 0 Å². The summed E-state index contributed by atoms with van der Waals surface area (Å²) in [5, 5.41) is 8.42.